The molecule has 0 unspecified atom stereocenters. The molecule has 102 valence electrons. The van der Waals surface area contributed by atoms with E-state index >= 15 is 0 Å². The highest BCUT2D eigenvalue weighted by molar-refractivity contribution is 7.93. The van der Waals surface area contributed by atoms with Crippen LogP contribution in [0.25, 0.3) is 0 Å². The summed E-state index contributed by atoms with van der Waals surface area (Å²) in [5.41, 5.74) is 0.160. The topological polar surface area (TPSA) is 101 Å². The average molecular weight is 301 g/mol. The van der Waals surface area contributed by atoms with Crippen molar-refractivity contribution in [3.05, 3.63) is 29.7 Å². The van der Waals surface area contributed by atoms with Gasteiger partial charge >= 0.3 is 5.97 Å². The van der Waals surface area contributed by atoms with Crippen LogP contribution in [0, 0.1) is 6.92 Å². The highest BCUT2D eigenvalue weighted by atomic mass is 32.2. The second-order valence-electron chi connectivity index (χ2n) is 3.90. The second-order valence-corrected chi connectivity index (χ2v) is 6.35. The summed E-state index contributed by atoms with van der Waals surface area (Å²) in [7, 11) is -2.11. The fourth-order valence-electron chi connectivity index (χ4n) is 1.51. The van der Waals surface area contributed by atoms with Crippen LogP contribution in [0.5, 0.6) is 0 Å². The smallest absolute Gasteiger partial charge is 0.340 e. The number of nitrogens with one attached hydrogen (secondary N) is 1. The Morgan fingerprint density at radius 3 is 2.74 bits per heavy atom. The van der Waals surface area contributed by atoms with Crippen LogP contribution in [-0.4, -0.2) is 28.4 Å². The lowest BCUT2D eigenvalue weighted by molar-refractivity contribution is 0.0697. The zero-order valence-corrected chi connectivity index (χ0v) is 11.7. The molecular formula is C10H11N3O4S2. The molecule has 0 aliphatic rings. The molecule has 0 bridgehead atoms. The van der Waals surface area contributed by atoms with Gasteiger partial charge in [-0.15, -0.1) is 0 Å². The molecule has 0 aliphatic carbocycles. The summed E-state index contributed by atoms with van der Waals surface area (Å²) in [6.07, 6.45) is 3.02. The Morgan fingerprint density at radius 2 is 2.21 bits per heavy atom. The summed E-state index contributed by atoms with van der Waals surface area (Å²) in [5, 5.41) is 9.04. The van der Waals surface area contributed by atoms with E-state index < -0.39 is 16.0 Å². The molecule has 0 spiro atoms. The molecule has 19 heavy (non-hydrogen) atoms. The van der Waals surface area contributed by atoms with Crippen LogP contribution in [0.15, 0.2) is 23.4 Å². The van der Waals surface area contributed by atoms with Crippen molar-refractivity contribution in [3.8, 4) is 0 Å². The second kappa shape index (κ2) is 4.67. The largest absolute Gasteiger partial charge is 0.478 e. The first-order chi connectivity index (χ1) is 8.81. The number of hydrogen-bond acceptors (Lipinski definition) is 5. The lowest BCUT2D eigenvalue weighted by atomic mass is 10.2. The number of carboxylic acid groups (broad SMARTS) is 1. The van der Waals surface area contributed by atoms with Crippen LogP contribution in [-0.2, 0) is 17.1 Å². The predicted molar refractivity (Wildman–Crippen MR) is 70.0 cm³/mol. The monoisotopic (exact) mass is 301 g/mol. The van der Waals surface area contributed by atoms with Gasteiger partial charge in [-0.2, -0.15) is 4.37 Å². The van der Waals surface area contributed by atoms with Crippen molar-refractivity contribution in [2.75, 3.05) is 4.72 Å². The number of aryl methyl sites for hydroxylation is 2. The van der Waals surface area contributed by atoms with E-state index in [0.29, 0.717) is 0 Å². The minimum absolute atomic E-state index is 0.00820. The molecule has 2 aromatic rings. The summed E-state index contributed by atoms with van der Waals surface area (Å²) < 4.78 is 31.8. The lowest BCUT2D eigenvalue weighted by Crippen LogP contribution is -2.14. The highest BCUT2D eigenvalue weighted by Gasteiger charge is 2.23. The number of hydrogen-bond donors (Lipinski definition) is 2. The van der Waals surface area contributed by atoms with Crippen LogP contribution in [0.3, 0.4) is 0 Å². The molecule has 9 heteroatoms. The van der Waals surface area contributed by atoms with Crippen molar-refractivity contribution in [1.82, 2.24) is 8.94 Å². The van der Waals surface area contributed by atoms with E-state index in [4.69, 9.17) is 5.11 Å². The number of aromatic nitrogens is 2. The van der Waals surface area contributed by atoms with E-state index in [0.717, 1.165) is 11.5 Å². The normalized spacial score (nSPS) is 11.5. The Morgan fingerprint density at radius 1 is 1.53 bits per heavy atom. The first-order valence-electron chi connectivity index (χ1n) is 5.15. The van der Waals surface area contributed by atoms with E-state index in [2.05, 4.69) is 9.10 Å². The van der Waals surface area contributed by atoms with E-state index in [-0.39, 0.29) is 21.2 Å². The average Bonchev–Trinajstić information content (AvgIpc) is 2.85. The van der Waals surface area contributed by atoms with Crippen LogP contribution in [0.2, 0.25) is 0 Å². The quantitative estimate of drug-likeness (QED) is 0.886. The van der Waals surface area contributed by atoms with Crippen LogP contribution >= 0.6 is 11.5 Å². The molecule has 0 saturated heterocycles. The molecule has 0 aliphatic heterocycles. The van der Waals surface area contributed by atoms with Crippen molar-refractivity contribution >= 4 is 32.5 Å². The highest BCUT2D eigenvalue weighted by Crippen LogP contribution is 2.27. The maximum Gasteiger partial charge on any atom is 0.340 e. The van der Waals surface area contributed by atoms with Gasteiger partial charge in [0.05, 0.1) is 5.69 Å². The molecular weight excluding hydrogens is 290 g/mol. The van der Waals surface area contributed by atoms with Crippen molar-refractivity contribution in [3.63, 3.8) is 0 Å². The standard InChI is InChI=1S/C10H11N3O4S2/c1-6-8(10(14)15)9(18-11-6)12-19(16,17)7-3-4-13(2)5-7/h3-5,12H,1-2H3,(H,14,15). The third kappa shape index (κ3) is 2.61. The Hall–Kier alpha value is -1.87. The van der Waals surface area contributed by atoms with Gasteiger partial charge in [-0.1, -0.05) is 0 Å². The molecule has 0 saturated carbocycles. The van der Waals surface area contributed by atoms with Crippen LogP contribution in [0.4, 0.5) is 5.00 Å². The summed E-state index contributed by atoms with van der Waals surface area (Å²) in [5.74, 6) is -1.21. The van der Waals surface area contributed by atoms with E-state index in [9.17, 15) is 13.2 Å². The Labute approximate surface area is 113 Å². The van der Waals surface area contributed by atoms with Gasteiger partial charge in [-0.25, -0.2) is 13.2 Å². The van der Waals surface area contributed by atoms with Gasteiger partial charge in [-0.05, 0) is 24.5 Å². The minimum atomic E-state index is -3.80. The van der Waals surface area contributed by atoms with Gasteiger partial charge in [0.2, 0.25) is 0 Å². The molecule has 0 amide bonds. The number of carboxylic acids is 1. The summed E-state index contributed by atoms with van der Waals surface area (Å²) in [6, 6.07) is 1.43. The number of nitrogens with zero attached hydrogens (tertiary/aromatic N) is 2. The first-order valence-corrected chi connectivity index (χ1v) is 7.41. The predicted octanol–water partition coefficient (Wildman–Crippen LogP) is 1.29. The van der Waals surface area contributed by atoms with Crippen molar-refractivity contribution < 1.29 is 18.3 Å². The zero-order chi connectivity index (χ0) is 14.2. The molecule has 2 heterocycles. The number of sulfonamides is 1. The van der Waals surface area contributed by atoms with Crippen LogP contribution < -0.4 is 4.72 Å². The number of aromatic carboxylic acids is 1. The molecule has 2 rings (SSSR count). The minimum Gasteiger partial charge on any atom is -0.478 e. The fourth-order valence-corrected chi connectivity index (χ4v) is 3.64. The van der Waals surface area contributed by atoms with Gasteiger partial charge in [0, 0.05) is 19.4 Å². The van der Waals surface area contributed by atoms with Gasteiger partial charge < -0.3 is 9.67 Å². The summed E-state index contributed by atoms with van der Waals surface area (Å²) in [6.45, 7) is 1.51. The van der Waals surface area contributed by atoms with Gasteiger partial charge in [0.25, 0.3) is 10.0 Å². The summed E-state index contributed by atoms with van der Waals surface area (Å²) >= 11 is 0.805. The Kier molecular flexibility index (Phi) is 3.33. The number of carbonyl (C=O) groups is 1. The zero-order valence-electron chi connectivity index (χ0n) is 10.1. The molecule has 0 aromatic carbocycles. The van der Waals surface area contributed by atoms with Gasteiger partial charge in [0.15, 0.2) is 0 Å². The molecule has 0 radical (unpaired) electrons. The maximum atomic E-state index is 12.1. The SMILES string of the molecule is Cc1nsc(NS(=O)(=O)c2ccn(C)c2)c1C(=O)O. The molecule has 2 aromatic heterocycles. The number of rotatable bonds is 4. The van der Waals surface area contributed by atoms with Crippen molar-refractivity contribution in [2.24, 2.45) is 7.05 Å². The Balaban J connectivity index is 2.39. The van der Waals surface area contributed by atoms with Crippen molar-refractivity contribution in [2.45, 2.75) is 11.8 Å². The summed E-state index contributed by atoms with van der Waals surface area (Å²) in [4.78, 5) is 11.1. The lowest BCUT2D eigenvalue weighted by Gasteiger charge is -2.04. The maximum absolute atomic E-state index is 12.1. The molecule has 2 N–H and O–H groups in total. The third-order valence-corrected chi connectivity index (χ3v) is 4.74. The van der Waals surface area contributed by atoms with Gasteiger partial charge in [0.1, 0.15) is 15.5 Å². The van der Waals surface area contributed by atoms with E-state index in [1.54, 1.807) is 17.8 Å². The number of anilines is 1. The van der Waals surface area contributed by atoms with E-state index in [1.807, 2.05) is 0 Å². The Bertz CT molecular complexity index is 730. The molecule has 0 fully saturated rings. The van der Waals surface area contributed by atoms with E-state index in [1.165, 1.54) is 19.2 Å². The third-order valence-electron chi connectivity index (χ3n) is 2.42. The first kappa shape index (κ1) is 13.6. The van der Waals surface area contributed by atoms with Gasteiger partial charge in [-0.3, -0.25) is 4.72 Å². The van der Waals surface area contributed by atoms with Crippen molar-refractivity contribution in [1.29, 1.82) is 0 Å². The fraction of sp³-hybridized carbons (Fsp3) is 0.200. The molecule has 0 atom stereocenters. The van der Waals surface area contributed by atoms with Crippen LogP contribution in [0.1, 0.15) is 16.1 Å². The molecule has 7 nitrogen and oxygen atoms in total.